The molecular weight excluding hydrogens is 290 g/mol. The van der Waals surface area contributed by atoms with Gasteiger partial charge in [0.1, 0.15) is 6.61 Å². The number of nitrogens with zero attached hydrogens (tertiary/aromatic N) is 2. The lowest BCUT2D eigenvalue weighted by Gasteiger charge is -2.04. The second-order valence-electron chi connectivity index (χ2n) is 4.05. The number of hydrogen-bond acceptors (Lipinski definition) is 5. The summed E-state index contributed by atoms with van der Waals surface area (Å²) in [4.78, 5) is 19.5. The fourth-order valence-corrected chi connectivity index (χ4v) is 1.62. The molecule has 0 aliphatic carbocycles. The van der Waals surface area contributed by atoms with Gasteiger partial charge in [-0.25, -0.2) is 14.8 Å². The van der Waals surface area contributed by atoms with Gasteiger partial charge in [-0.1, -0.05) is 23.7 Å². The Morgan fingerprint density at radius 3 is 2.67 bits per heavy atom. The van der Waals surface area contributed by atoms with Crippen molar-refractivity contribution in [1.82, 2.24) is 9.97 Å². The second-order valence-corrected chi connectivity index (χ2v) is 4.49. The minimum Gasteiger partial charge on any atom is -0.461 e. The van der Waals surface area contributed by atoms with Gasteiger partial charge in [0, 0.05) is 23.5 Å². The van der Waals surface area contributed by atoms with Crippen LogP contribution in [0.2, 0.25) is 5.02 Å². The van der Waals surface area contributed by atoms with Gasteiger partial charge in [0.25, 0.3) is 0 Å². The summed E-state index contributed by atoms with van der Waals surface area (Å²) in [5.74, 6) is 0.103. The number of hydrogen-bond donors (Lipinski definition) is 1. The number of aromatic nitrogens is 2. The fraction of sp³-hybridized carbons (Fsp3) is 0.133. The summed E-state index contributed by atoms with van der Waals surface area (Å²) in [6, 6.07) is 8.89. The molecule has 0 fully saturated rings. The van der Waals surface area contributed by atoms with Crippen LogP contribution in [-0.2, 0) is 9.53 Å². The van der Waals surface area contributed by atoms with E-state index < -0.39 is 5.97 Å². The third-order valence-corrected chi connectivity index (χ3v) is 2.73. The molecule has 2 aromatic rings. The number of halogens is 1. The number of anilines is 1. The highest BCUT2D eigenvalue weighted by molar-refractivity contribution is 6.30. The molecule has 1 heterocycles. The highest BCUT2D eigenvalue weighted by Gasteiger charge is 1.98. The van der Waals surface area contributed by atoms with Crippen LogP contribution in [0.25, 0.3) is 6.08 Å². The standard InChI is InChI=1S/C15H14ClN3O2/c16-13-5-2-12(3-6-13)4-7-14(20)21-11-10-19-15-17-8-1-9-18-15/h1-9H,10-11H2,(H,17,18,19). The molecule has 21 heavy (non-hydrogen) atoms. The van der Waals surface area contributed by atoms with Crippen LogP contribution >= 0.6 is 11.6 Å². The first-order valence-corrected chi connectivity index (χ1v) is 6.73. The van der Waals surface area contributed by atoms with Crippen molar-refractivity contribution < 1.29 is 9.53 Å². The van der Waals surface area contributed by atoms with Gasteiger partial charge in [0.15, 0.2) is 0 Å². The Morgan fingerprint density at radius 1 is 1.24 bits per heavy atom. The summed E-state index contributed by atoms with van der Waals surface area (Å²) in [6.45, 7) is 0.687. The van der Waals surface area contributed by atoms with Crippen molar-refractivity contribution in [2.75, 3.05) is 18.5 Å². The third kappa shape index (κ3) is 5.62. The normalized spacial score (nSPS) is 10.5. The lowest BCUT2D eigenvalue weighted by molar-refractivity contribution is -0.137. The summed E-state index contributed by atoms with van der Waals surface area (Å²) in [5, 5.41) is 3.60. The number of nitrogens with one attached hydrogen (secondary N) is 1. The lowest BCUT2D eigenvalue weighted by atomic mass is 10.2. The Balaban J connectivity index is 1.69. The van der Waals surface area contributed by atoms with Crippen molar-refractivity contribution in [3.05, 3.63) is 59.4 Å². The number of benzene rings is 1. The van der Waals surface area contributed by atoms with Gasteiger partial charge in [-0.2, -0.15) is 0 Å². The van der Waals surface area contributed by atoms with Gasteiger partial charge in [-0.15, -0.1) is 0 Å². The van der Waals surface area contributed by atoms with Crippen LogP contribution in [0, 0.1) is 0 Å². The zero-order valence-corrected chi connectivity index (χ0v) is 12.0. The van der Waals surface area contributed by atoms with Crippen LogP contribution in [0.4, 0.5) is 5.95 Å². The molecular formula is C15H14ClN3O2. The van der Waals surface area contributed by atoms with E-state index in [0.29, 0.717) is 17.5 Å². The molecule has 2 rings (SSSR count). The van der Waals surface area contributed by atoms with Crippen molar-refractivity contribution in [1.29, 1.82) is 0 Å². The van der Waals surface area contributed by atoms with Crippen molar-refractivity contribution in [2.24, 2.45) is 0 Å². The Hall–Kier alpha value is -2.40. The maximum atomic E-state index is 11.5. The molecule has 0 spiro atoms. The maximum Gasteiger partial charge on any atom is 0.330 e. The first-order chi connectivity index (χ1) is 10.2. The molecule has 0 aliphatic rings. The molecule has 1 aromatic carbocycles. The Kier molecular flexibility index (Phi) is 5.72. The molecule has 5 nitrogen and oxygen atoms in total. The summed E-state index contributed by atoms with van der Waals surface area (Å²) >= 11 is 5.78. The fourth-order valence-electron chi connectivity index (χ4n) is 1.49. The zero-order chi connectivity index (χ0) is 14.9. The average Bonchev–Trinajstić information content (AvgIpc) is 2.52. The predicted octanol–water partition coefficient (Wildman–Crippen LogP) is 2.80. The van der Waals surface area contributed by atoms with E-state index in [1.165, 1.54) is 6.08 Å². The average molecular weight is 304 g/mol. The van der Waals surface area contributed by atoms with Crippen LogP contribution in [0.15, 0.2) is 48.8 Å². The molecule has 1 N–H and O–H groups in total. The summed E-state index contributed by atoms with van der Waals surface area (Å²) in [7, 11) is 0. The SMILES string of the molecule is O=C(C=Cc1ccc(Cl)cc1)OCCNc1ncccn1. The van der Waals surface area contributed by atoms with E-state index in [4.69, 9.17) is 16.3 Å². The van der Waals surface area contributed by atoms with E-state index in [-0.39, 0.29) is 6.61 Å². The topological polar surface area (TPSA) is 64.1 Å². The molecule has 0 saturated carbocycles. The third-order valence-electron chi connectivity index (χ3n) is 2.48. The van der Waals surface area contributed by atoms with Gasteiger partial charge in [0.2, 0.25) is 5.95 Å². The largest absolute Gasteiger partial charge is 0.461 e. The van der Waals surface area contributed by atoms with Crippen LogP contribution in [0.1, 0.15) is 5.56 Å². The number of carbonyl (C=O) groups is 1. The summed E-state index contributed by atoms with van der Waals surface area (Å²) in [6.07, 6.45) is 6.32. The van der Waals surface area contributed by atoms with Gasteiger partial charge in [0.05, 0.1) is 6.54 Å². The number of carbonyl (C=O) groups excluding carboxylic acids is 1. The zero-order valence-electron chi connectivity index (χ0n) is 11.2. The molecule has 6 heteroatoms. The van der Waals surface area contributed by atoms with Crippen molar-refractivity contribution in [3.8, 4) is 0 Å². The van der Waals surface area contributed by atoms with E-state index in [1.54, 1.807) is 36.7 Å². The van der Waals surface area contributed by atoms with Crippen molar-refractivity contribution in [2.45, 2.75) is 0 Å². The molecule has 0 atom stereocenters. The van der Waals surface area contributed by atoms with Crippen molar-refractivity contribution >= 4 is 29.6 Å². The minimum absolute atomic E-state index is 0.238. The molecule has 0 saturated heterocycles. The van der Waals surface area contributed by atoms with E-state index in [9.17, 15) is 4.79 Å². The van der Waals surface area contributed by atoms with Gasteiger partial charge in [-0.3, -0.25) is 0 Å². The summed E-state index contributed by atoms with van der Waals surface area (Å²) < 4.78 is 5.04. The molecule has 1 aromatic heterocycles. The van der Waals surface area contributed by atoms with E-state index >= 15 is 0 Å². The molecule has 0 unspecified atom stereocenters. The monoisotopic (exact) mass is 303 g/mol. The number of rotatable bonds is 6. The first-order valence-electron chi connectivity index (χ1n) is 6.35. The predicted molar refractivity (Wildman–Crippen MR) is 82.0 cm³/mol. The molecule has 0 radical (unpaired) electrons. The molecule has 0 bridgehead atoms. The second kappa shape index (κ2) is 8.01. The smallest absolute Gasteiger partial charge is 0.330 e. The highest BCUT2D eigenvalue weighted by atomic mass is 35.5. The molecule has 0 amide bonds. The number of esters is 1. The maximum absolute atomic E-state index is 11.5. The van der Waals surface area contributed by atoms with Crippen LogP contribution in [0.3, 0.4) is 0 Å². The Morgan fingerprint density at radius 2 is 1.95 bits per heavy atom. The van der Waals surface area contributed by atoms with E-state index in [1.807, 2.05) is 12.1 Å². The van der Waals surface area contributed by atoms with Gasteiger partial charge >= 0.3 is 5.97 Å². The van der Waals surface area contributed by atoms with Crippen LogP contribution in [0.5, 0.6) is 0 Å². The van der Waals surface area contributed by atoms with Crippen LogP contribution < -0.4 is 5.32 Å². The van der Waals surface area contributed by atoms with Crippen LogP contribution in [-0.4, -0.2) is 29.1 Å². The quantitative estimate of drug-likeness (QED) is 0.505. The minimum atomic E-state index is -0.402. The molecule has 0 aliphatic heterocycles. The highest BCUT2D eigenvalue weighted by Crippen LogP contribution is 2.10. The number of ether oxygens (including phenoxy) is 1. The first kappa shape index (κ1) is 15.0. The van der Waals surface area contributed by atoms with Gasteiger partial charge < -0.3 is 10.1 Å². The van der Waals surface area contributed by atoms with Crippen molar-refractivity contribution in [3.63, 3.8) is 0 Å². The Bertz CT molecular complexity index is 600. The van der Waals surface area contributed by atoms with Gasteiger partial charge in [-0.05, 0) is 29.8 Å². The van der Waals surface area contributed by atoms with E-state index in [0.717, 1.165) is 5.56 Å². The van der Waals surface area contributed by atoms with E-state index in [2.05, 4.69) is 15.3 Å². The lowest BCUT2D eigenvalue weighted by Crippen LogP contribution is -2.13. The molecule has 108 valence electrons. The Labute approximate surface area is 127 Å². The summed E-state index contributed by atoms with van der Waals surface area (Å²) in [5.41, 5.74) is 0.882.